The van der Waals surface area contributed by atoms with Gasteiger partial charge in [0.05, 0.1) is 26.6 Å². The average molecular weight is 138 g/mol. The van der Waals surface area contributed by atoms with Gasteiger partial charge in [-0.1, -0.05) is 0 Å². The molecule has 0 fully saturated rings. The Morgan fingerprint density at radius 3 is 2.50 bits per heavy atom. The van der Waals surface area contributed by atoms with Crippen LogP contribution in [0.5, 0.6) is 11.5 Å². The zero-order valence-electron chi connectivity index (χ0n) is 5.92. The number of hydrogen-bond donors (Lipinski definition) is 0. The van der Waals surface area contributed by atoms with Gasteiger partial charge in [-0.05, 0) is 0 Å². The molecule has 0 saturated heterocycles. The molecule has 0 bridgehead atoms. The minimum atomic E-state index is 0.626. The SMILES string of the molecule is COc1c[c]ncc1OC. The van der Waals surface area contributed by atoms with Crippen LogP contribution in [0.3, 0.4) is 0 Å². The van der Waals surface area contributed by atoms with E-state index in [0.29, 0.717) is 11.5 Å². The van der Waals surface area contributed by atoms with Gasteiger partial charge < -0.3 is 9.47 Å². The second-order valence-electron chi connectivity index (χ2n) is 1.67. The maximum Gasteiger partial charge on any atom is 0.179 e. The van der Waals surface area contributed by atoms with E-state index in [1.165, 1.54) is 0 Å². The molecule has 0 saturated carbocycles. The standard InChI is InChI=1S/C7H8NO2/c1-9-6-3-4-8-5-7(6)10-2/h3,5H,1-2H3. The van der Waals surface area contributed by atoms with Crippen molar-refractivity contribution in [3.63, 3.8) is 0 Å². The summed E-state index contributed by atoms with van der Waals surface area (Å²) in [5.74, 6) is 1.28. The third-order valence-corrected chi connectivity index (χ3v) is 1.13. The molecule has 0 amide bonds. The predicted molar refractivity (Wildman–Crippen MR) is 36.2 cm³/mol. The van der Waals surface area contributed by atoms with E-state index < -0.39 is 0 Å². The number of methoxy groups -OCH3 is 2. The fourth-order valence-corrected chi connectivity index (χ4v) is 0.639. The van der Waals surface area contributed by atoms with Gasteiger partial charge in [0.15, 0.2) is 11.5 Å². The van der Waals surface area contributed by atoms with Gasteiger partial charge in [-0.3, -0.25) is 4.98 Å². The summed E-state index contributed by atoms with van der Waals surface area (Å²) in [5, 5.41) is 0. The molecule has 53 valence electrons. The fraction of sp³-hybridized carbons (Fsp3) is 0.286. The summed E-state index contributed by atoms with van der Waals surface area (Å²) in [6, 6.07) is 1.62. The van der Waals surface area contributed by atoms with Gasteiger partial charge in [-0.15, -0.1) is 0 Å². The molecule has 1 radical (unpaired) electrons. The summed E-state index contributed by atoms with van der Waals surface area (Å²) >= 11 is 0. The molecule has 3 nitrogen and oxygen atoms in total. The number of nitrogens with zero attached hydrogens (tertiary/aromatic N) is 1. The Bertz CT molecular complexity index is 190. The Balaban J connectivity index is 2.96. The highest BCUT2D eigenvalue weighted by Crippen LogP contribution is 2.22. The van der Waals surface area contributed by atoms with Crippen LogP contribution in [0.15, 0.2) is 12.3 Å². The van der Waals surface area contributed by atoms with Gasteiger partial charge in [-0.2, -0.15) is 0 Å². The maximum atomic E-state index is 4.94. The summed E-state index contributed by atoms with van der Waals surface area (Å²) in [7, 11) is 3.14. The van der Waals surface area contributed by atoms with E-state index in [1.807, 2.05) is 0 Å². The first-order valence-electron chi connectivity index (χ1n) is 2.82. The first-order chi connectivity index (χ1) is 4.88. The van der Waals surface area contributed by atoms with Gasteiger partial charge in [0.1, 0.15) is 0 Å². The van der Waals surface area contributed by atoms with Crippen LogP contribution in [0, 0.1) is 6.20 Å². The molecule has 0 N–H and O–H groups in total. The molecule has 1 heterocycles. The predicted octanol–water partition coefficient (Wildman–Crippen LogP) is 0.899. The highest BCUT2D eigenvalue weighted by molar-refractivity contribution is 5.35. The van der Waals surface area contributed by atoms with Crippen molar-refractivity contribution < 1.29 is 9.47 Å². The summed E-state index contributed by atoms with van der Waals surface area (Å²) in [5.41, 5.74) is 0. The molecule has 0 aromatic carbocycles. The molecular formula is C7H8NO2. The largest absolute Gasteiger partial charge is 0.493 e. The lowest BCUT2D eigenvalue weighted by Crippen LogP contribution is -1.90. The summed E-state index contributed by atoms with van der Waals surface area (Å²) in [6.07, 6.45) is 4.19. The van der Waals surface area contributed by atoms with Gasteiger partial charge in [0.25, 0.3) is 0 Å². The van der Waals surface area contributed by atoms with Crippen LogP contribution in [-0.2, 0) is 0 Å². The summed E-state index contributed by atoms with van der Waals surface area (Å²) < 4.78 is 9.87. The van der Waals surface area contributed by atoms with E-state index in [9.17, 15) is 0 Å². The molecule has 0 aliphatic heterocycles. The number of ether oxygens (including phenoxy) is 2. The number of rotatable bonds is 2. The smallest absolute Gasteiger partial charge is 0.179 e. The van der Waals surface area contributed by atoms with Gasteiger partial charge in [0, 0.05) is 6.07 Å². The van der Waals surface area contributed by atoms with Crippen molar-refractivity contribution in [1.29, 1.82) is 0 Å². The Kier molecular flexibility index (Phi) is 2.10. The van der Waals surface area contributed by atoms with Crippen LogP contribution in [0.2, 0.25) is 0 Å². The highest BCUT2D eigenvalue weighted by Gasteiger charge is 1.98. The Morgan fingerprint density at radius 1 is 1.30 bits per heavy atom. The monoisotopic (exact) mass is 138 g/mol. The Labute approximate surface area is 59.6 Å². The minimum Gasteiger partial charge on any atom is -0.493 e. The van der Waals surface area contributed by atoms with Gasteiger partial charge in [-0.25, -0.2) is 0 Å². The average Bonchev–Trinajstić information content (AvgIpc) is 2.04. The van der Waals surface area contributed by atoms with Crippen LogP contribution in [0.1, 0.15) is 0 Å². The number of hydrogen-bond acceptors (Lipinski definition) is 3. The van der Waals surface area contributed by atoms with Crippen LogP contribution >= 0.6 is 0 Å². The fourth-order valence-electron chi connectivity index (χ4n) is 0.639. The molecule has 0 unspecified atom stereocenters. The second-order valence-corrected chi connectivity index (χ2v) is 1.67. The van der Waals surface area contributed by atoms with E-state index in [0.717, 1.165) is 0 Å². The lowest BCUT2D eigenvalue weighted by molar-refractivity contribution is 0.353. The number of aromatic nitrogens is 1. The van der Waals surface area contributed by atoms with E-state index in [4.69, 9.17) is 9.47 Å². The van der Waals surface area contributed by atoms with E-state index >= 15 is 0 Å². The molecule has 0 aliphatic rings. The lowest BCUT2D eigenvalue weighted by Gasteiger charge is -2.03. The zero-order chi connectivity index (χ0) is 7.40. The Hall–Kier alpha value is -1.25. The van der Waals surface area contributed by atoms with Gasteiger partial charge >= 0.3 is 0 Å². The quantitative estimate of drug-likeness (QED) is 0.608. The van der Waals surface area contributed by atoms with Crippen molar-refractivity contribution in [2.45, 2.75) is 0 Å². The van der Waals surface area contributed by atoms with Crippen LogP contribution < -0.4 is 9.47 Å². The van der Waals surface area contributed by atoms with Crippen LogP contribution in [0.4, 0.5) is 0 Å². The van der Waals surface area contributed by atoms with E-state index in [-0.39, 0.29) is 0 Å². The van der Waals surface area contributed by atoms with Crippen molar-refractivity contribution in [3.05, 3.63) is 18.5 Å². The zero-order valence-corrected chi connectivity index (χ0v) is 5.92. The van der Waals surface area contributed by atoms with Crippen molar-refractivity contribution in [2.75, 3.05) is 14.2 Å². The van der Waals surface area contributed by atoms with E-state index in [2.05, 4.69) is 11.2 Å². The summed E-state index contributed by atoms with van der Waals surface area (Å²) in [6.45, 7) is 0. The first kappa shape index (κ1) is 6.86. The topological polar surface area (TPSA) is 31.4 Å². The second kappa shape index (κ2) is 3.06. The number of pyridine rings is 1. The molecule has 1 aromatic rings. The van der Waals surface area contributed by atoms with E-state index in [1.54, 1.807) is 26.5 Å². The Morgan fingerprint density at radius 2 is 2.00 bits per heavy atom. The first-order valence-corrected chi connectivity index (χ1v) is 2.82. The van der Waals surface area contributed by atoms with Crippen LogP contribution in [0.25, 0.3) is 0 Å². The maximum absolute atomic E-state index is 4.94. The molecule has 0 atom stereocenters. The third-order valence-electron chi connectivity index (χ3n) is 1.13. The molecule has 0 spiro atoms. The van der Waals surface area contributed by atoms with Crippen molar-refractivity contribution in [1.82, 2.24) is 4.98 Å². The molecule has 3 heteroatoms. The van der Waals surface area contributed by atoms with Crippen LogP contribution in [-0.4, -0.2) is 19.2 Å². The molecule has 10 heavy (non-hydrogen) atoms. The third kappa shape index (κ3) is 1.18. The minimum absolute atomic E-state index is 0.626. The molecule has 1 aromatic heterocycles. The lowest BCUT2D eigenvalue weighted by atomic mass is 10.4. The summed E-state index contributed by atoms with van der Waals surface area (Å²) in [4.78, 5) is 3.73. The molecular weight excluding hydrogens is 130 g/mol. The van der Waals surface area contributed by atoms with Crippen molar-refractivity contribution >= 4 is 0 Å². The van der Waals surface area contributed by atoms with Crippen molar-refractivity contribution in [3.8, 4) is 11.5 Å². The molecule has 0 aliphatic carbocycles. The van der Waals surface area contributed by atoms with Crippen molar-refractivity contribution in [2.24, 2.45) is 0 Å². The molecule has 1 rings (SSSR count). The normalized spacial score (nSPS) is 9.00. The van der Waals surface area contributed by atoms with Gasteiger partial charge in [0.2, 0.25) is 0 Å². The highest BCUT2D eigenvalue weighted by atomic mass is 16.5.